The Bertz CT molecular complexity index is 1050. The fourth-order valence-corrected chi connectivity index (χ4v) is 5.12. The van der Waals surface area contributed by atoms with E-state index in [0.717, 1.165) is 10.5 Å². The number of benzene rings is 2. The second-order valence-corrected chi connectivity index (χ2v) is 12.1. The van der Waals surface area contributed by atoms with Gasteiger partial charge >= 0.3 is 0 Å². The Balaban J connectivity index is 2.19. The number of aliphatic hydroxyl groups is 3. The molecule has 0 aliphatic rings. The van der Waals surface area contributed by atoms with E-state index in [1.807, 2.05) is 71.9 Å². The third kappa shape index (κ3) is 8.57. The van der Waals surface area contributed by atoms with Crippen molar-refractivity contribution in [1.82, 2.24) is 9.80 Å². The molecule has 0 bridgehead atoms. The lowest BCUT2D eigenvalue weighted by molar-refractivity contribution is 0.0516. The fraction of sp³-hybridized carbons (Fsp3) is 0.517. The second kappa shape index (κ2) is 13.4. The number of thioether (sulfide) groups is 1. The number of rotatable bonds is 11. The van der Waals surface area contributed by atoms with E-state index in [9.17, 15) is 24.9 Å². The third-order valence-electron chi connectivity index (χ3n) is 6.01. The molecule has 1 atom stereocenters. The number of hydrogen-bond donors (Lipinski definition) is 3. The molecule has 37 heavy (non-hydrogen) atoms. The highest BCUT2D eigenvalue weighted by molar-refractivity contribution is 7.99. The fourth-order valence-electron chi connectivity index (χ4n) is 4.15. The first-order valence-electron chi connectivity index (χ1n) is 12.6. The van der Waals surface area contributed by atoms with Crippen molar-refractivity contribution in [1.29, 1.82) is 0 Å². The molecule has 8 heteroatoms. The van der Waals surface area contributed by atoms with Crippen LogP contribution in [-0.2, 0) is 6.42 Å². The Morgan fingerprint density at radius 2 is 1.24 bits per heavy atom. The van der Waals surface area contributed by atoms with Crippen molar-refractivity contribution in [2.45, 2.75) is 70.0 Å². The van der Waals surface area contributed by atoms with E-state index in [2.05, 4.69) is 0 Å². The van der Waals surface area contributed by atoms with Crippen molar-refractivity contribution in [3.8, 4) is 0 Å². The van der Waals surface area contributed by atoms with Gasteiger partial charge in [0.25, 0.3) is 11.8 Å². The SMILES string of the molecule is CC(C)(C)N(CCO)C(=O)c1ccccc1CC(O)CSc1ccccc1C(=O)N(CCO)C(C)(C)C. The number of aliphatic hydroxyl groups excluding tert-OH is 3. The van der Waals surface area contributed by atoms with Gasteiger partial charge in [-0.05, 0) is 71.7 Å². The highest BCUT2D eigenvalue weighted by Gasteiger charge is 2.30. The number of carbonyl (C=O) groups is 2. The molecule has 0 saturated heterocycles. The van der Waals surface area contributed by atoms with E-state index < -0.39 is 17.2 Å². The molecule has 2 aromatic carbocycles. The van der Waals surface area contributed by atoms with Crippen molar-refractivity contribution < 1.29 is 24.9 Å². The first kappa shape index (κ1) is 30.8. The molecular formula is C29H42N2O5S. The Morgan fingerprint density at radius 3 is 1.76 bits per heavy atom. The van der Waals surface area contributed by atoms with Gasteiger partial charge in [0.1, 0.15) is 0 Å². The maximum Gasteiger partial charge on any atom is 0.255 e. The summed E-state index contributed by atoms with van der Waals surface area (Å²) in [5.41, 5.74) is 0.858. The van der Waals surface area contributed by atoms with Gasteiger partial charge < -0.3 is 25.1 Å². The van der Waals surface area contributed by atoms with Crippen LogP contribution < -0.4 is 0 Å². The molecule has 0 aromatic heterocycles. The van der Waals surface area contributed by atoms with Gasteiger partial charge in [0.15, 0.2) is 0 Å². The minimum Gasteiger partial charge on any atom is -0.395 e. The predicted molar refractivity (Wildman–Crippen MR) is 149 cm³/mol. The van der Waals surface area contributed by atoms with Crippen LogP contribution in [-0.4, -0.2) is 86.2 Å². The molecule has 0 saturated carbocycles. The Labute approximate surface area is 225 Å². The topological polar surface area (TPSA) is 101 Å². The highest BCUT2D eigenvalue weighted by atomic mass is 32.2. The van der Waals surface area contributed by atoms with Gasteiger partial charge in [0.2, 0.25) is 0 Å². The van der Waals surface area contributed by atoms with Crippen LogP contribution in [0.1, 0.15) is 67.8 Å². The van der Waals surface area contributed by atoms with E-state index in [0.29, 0.717) is 16.9 Å². The van der Waals surface area contributed by atoms with Gasteiger partial charge in [-0.25, -0.2) is 0 Å². The molecule has 0 aliphatic heterocycles. The largest absolute Gasteiger partial charge is 0.395 e. The summed E-state index contributed by atoms with van der Waals surface area (Å²) < 4.78 is 0. The minimum atomic E-state index is -0.751. The van der Waals surface area contributed by atoms with Crippen molar-refractivity contribution in [3.63, 3.8) is 0 Å². The van der Waals surface area contributed by atoms with Gasteiger partial charge in [-0.3, -0.25) is 9.59 Å². The lowest BCUT2D eigenvalue weighted by Gasteiger charge is -2.36. The van der Waals surface area contributed by atoms with Crippen LogP contribution in [0.3, 0.4) is 0 Å². The van der Waals surface area contributed by atoms with Crippen molar-refractivity contribution >= 4 is 23.6 Å². The van der Waals surface area contributed by atoms with Crippen LogP contribution in [0.4, 0.5) is 0 Å². The predicted octanol–water partition coefficient (Wildman–Crippen LogP) is 3.85. The molecule has 3 N–H and O–H groups in total. The summed E-state index contributed by atoms with van der Waals surface area (Å²) in [7, 11) is 0. The van der Waals surface area contributed by atoms with E-state index in [-0.39, 0.29) is 44.5 Å². The van der Waals surface area contributed by atoms with E-state index >= 15 is 0 Å². The quantitative estimate of drug-likeness (QED) is 0.382. The average Bonchev–Trinajstić information content (AvgIpc) is 2.83. The molecule has 0 spiro atoms. The van der Waals surface area contributed by atoms with Crippen LogP contribution in [0.2, 0.25) is 0 Å². The number of amides is 2. The smallest absolute Gasteiger partial charge is 0.255 e. The first-order valence-corrected chi connectivity index (χ1v) is 13.6. The molecule has 7 nitrogen and oxygen atoms in total. The molecule has 0 aliphatic carbocycles. The lowest BCUT2D eigenvalue weighted by atomic mass is 9.98. The highest BCUT2D eigenvalue weighted by Crippen LogP contribution is 2.28. The summed E-state index contributed by atoms with van der Waals surface area (Å²) in [6.45, 7) is 11.8. The zero-order chi connectivity index (χ0) is 27.8. The van der Waals surface area contributed by atoms with Crippen LogP contribution in [0.25, 0.3) is 0 Å². The van der Waals surface area contributed by atoms with Crippen LogP contribution in [0, 0.1) is 0 Å². The molecule has 0 fully saturated rings. The monoisotopic (exact) mass is 530 g/mol. The Morgan fingerprint density at radius 1 is 0.784 bits per heavy atom. The van der Waals surface area contributed by atoms with Crippen molar-refractivity contribution in [2.75, 3.05) is 32.1 Å². The third-order valence-corrected chi connectivity index (χ3v) is 7.23. The second-order valence-electron chi connectivity index (χ2n) is 11.0. The van der Waals surface area contributed by atoms with Gasteiger partial charge in [-0.15, -0.1) is 11.8 Å². The van der Waals surface area contributed by atoms with E-state index in [1.165, 1.54) is 11.8 Å². The summed E-state index contributed by atoms with van der Waals surface area (Å²) >= 11 is 1.39. The zero-order valence-corrected chi connectivity index (χ0v) is 23.7. The standard InChI is InChI=1S/C29H42N2O5S/c1-28(2,3)30(15-17-32)26(35)23-12-8-7-11-21(23)19-22(34)20-37-25-14-10-9-13-24(25)27(36)31(16-18-33)29(4,5)6/h7-14,22,32-34H,15-20H2,1-6H3. The maximum absolute atomic E-state index is 13.3. The summed E-state index contributed by atoms with van der Waals surface area (Å²) in [6, 6.07) is 14.5. The van der Waals surface area contributed by atoms with Crippen LogP contribution in [0.5, 0.6) is 0 Å². The van der Waals surface area contributed by atoms with Crippen molar-refractivity contribution in [2.24, 2.45) is 0 Å². The summed E-state index contributed by atoms with van der Waals surface area (Å²) in [6.07, 6.45) is -0.472. The molecule has 2 rings (SSSR count). The van der Waals surface area contributed by atoms with E-state index in [1.54, 1.807) is 28.0 Å². The molecule has 204 valence electrons. The molecular weight excluding hydrogens is 488 g/mol. The maximum atomic E-state index is 13.3. The molecule has 0 heterocycles. The number of β-amino-alcohol motifs (C(OH)–C–C–N with tert-alkyl or cyclic N) is 2. The summed E-state index contributed by atoms with van der Waals surface area (Å²) in [5, 5.41) is 29.9. The Hall–Kier alpha value is -2.39. The average molecular weight is 531 g/mol. The number of hydrogen-bond acceptors (Lipinski definition) is 6. The van der Waals surface area contributed by atoms with Crippen molar-refractivity contribution in [3.05, 3.63) is 65.2 Å². The number of nitrogens with zero attached hydrogens (tertiary/aromatic N) is 2. The Kier molecular flexibility index (Phi) is 11.2. The van der Waals surface area contributed by atoms with Crippen LogP contribution in [0.15, 0.2) is 53.4 Å². The first-order chi connectivity index (χ1) is 17.3. The molecule has 0 radical (unpaired) electrons. The van der Waals surface area contributed by atoms with Gasteiger partial charge in [0.05, 0.1) is 24.9 Å². The molecule has 2 aromatic rings. The van der Waals surface area contributed by atoms with E-state index in [4.69, 9.17) is 0 Å². The normalized spacial score (nSPS) is 12.8. The lowest BCUT2D eigenvalue weighted by Crippen LogP contribution is -2.47. The van der Waals surface area contributed by atoms with Gasteiger partial charge in [-0.2, -0.15) is 0 Å². The number of carbonyl (C=O) groups excluding carboxylic acids is 2. The molecule has 1 unspecified atom stereocenters. The van der Waals surface area contributed by atoms with Gasteiger partial charge in [-0.1, -0.05) is 30.3 Å². The minimum absolute atomic E-state index is 0.125. The zero-order valence-electron chi connectivity index (χ0n) is 22.9. The van der Waals surface area contributed by atoms with Crippen LogP contribution >= 0.6 is 11.8 Å². The summed E-state index contributed by atoms with van der Waals surface area (Å²) in [4.78, 5) is 30.7. The van der Waals surface area contributed by atoms with Gasteiger partial charge in [0, 0.05) is 40.4 Å². The summed E-state index contributed by atoms with van der Waals surface area (Å²) in [5.74, 6) is -0.0116. The molecule has 2 amide bonds.